The van der Waals surface area contributed by atoms with Gasteiger partial charge < -0.3 is 15.3 Å². The predicted octanol–water partition coefficient (Wildman–Crippen LogP) is 1.03. The lowest BCUT2D eigenvalue weighted by Gasteiger charge is -2.19. The van der Waals surface area contributed by atoms with E-state index in [-0.39, 0.29) is 0 Å². The first-order chi connectivity index (χ1) is 7.54. The minimum Gasteiger partial charge on any atom is -0.480 e. The van der Waals surface area contributed by atoms with Crippen LogP contribution in [0.3, 0.4) is 0 Å². The Balaban J connectivity index is 2.26. The molecule has 1 saturated heterocycles. The van der Waals surface area contributed by atoms with Gasteiger partial charge in [-0.2, -0.15) is 0 Å². The van der Waals surface area contributed by atoms with Gasteiger partial charge in [-0.1, -0.05) is 13.8 Å². The number of hydrogen-bond donors (Lipinski definition) is 2. The third kappa shape index (κ3) is 3.76. The van der Waals surface area contributed by atoms with Gasteiger partial charge in [0, 0.05) is 13.1 Å². The summed E-state index contributed by atoms with van der Waals surface area (Å²) in [5.41, 5.74) is 0. The molecule has 0 aliphatic carbocycles. The Kier molecular flexibility index (Phi) is 5.22. The molecule has 1 aliphatic rings. The molecular formula is C12H24N2O2. The van der Waals surface area contributed by atoms with Crippen molar-refractivity contribution in [1.29, 1.82) is 0 Å². The van der Waals surface area contributed by atoms with Crippen LogP contribution < -0.4 is 5.32 Å². The fourth-order valence-corrected chi connectivity index (χ4v) is 2.31. The zero-order valence-corrected chi connectivity index (χ0v) is 10.6. The summed E-state index contributed by atoms with van der Waals surface area (Å²) in [6.45, 7) is 7.68. The van der Waals surface area contributed by atoms with Gasteiger partial charge in [0.05, 0.1) is 0 Å². The van der Waals surface area contributed by atoms with Crippen LogP contribution in [0.25, 0.3) is 0 Å². The molecule has 4 nitrogen and oxygen atoms in total. The van der Waals surface area contributed by atoms with Crippen molar-refractivity contribution in [1.82, 2.24) is 10.2 Å². The van der Waals surface area contributed by atoms with Gasteiger partial charge in [-0.15, -0.1) is 0 Å². The lowest BCUT2D eigenvalue weighted by molar-refractivity contribution is -0.139. The van der Waals surface area contributed by atoms with Gasteiger partial charge in [-0.25, -0.2) is 0 Å². The zero-order valence-electron chi connectivity index (χ0n) is 10.6. The van der Waals surface area contributed by atoms with Gasteiger partial charge in [-0.05, 0) is 38.3 Å². The van der Waals surface area contributed by atoms with Gasteiger partial charge in [0.1, 0.15) is 6.04 Å². The highest BCUT2D eigenvalue weighted by Crippen LogP contribution is 2.23. The summed E-state index contributed by atoms with van der Waals surface area (Å²) >= 11 is 0. The molecule has 0 radical (unpaired) electrons. The van der Waals surface area contributed by atoms with Crippen molar-refractivity contribution in [3.63, 3.8) is 0 Å². The summed E-state index contributed by atoms with van der Waals surface area (Å²) in [6.07, 6.45) is 1.95. The minimum absolute atomic E-state index is 0.405. The molecular weight excluding hydrogens is 204 g/mol. The number of nitrogens with one attached hydrogen (secondary N) is 1. The molecule has 0 aromatic carbocycles. The maximum atomic E-state index is 10.8. The van der Waals surface area contributed by atoms with Gasteiger partial charge in [0.15, 0.2) is 0 Å². The molecule has 94 valence electrons. The molecule has 1 aliphatic heterocycles. The number of rotatable bonds is 6. The molecule has 1 fully saturated rings. The van der Waals surface area contributed by atoms with Crippen LogP contribution in [-0.2, 0) is 4.79 Å². The Morgan fingerprint density at radius 3 is 2.69 bits per heavy atom. The van der Waals surface area contributed by atoms with Gasteiger partial charge in [0.25, 0.3) is 0 Å². The number of likely N-dealkylation sites (tertiary alicyclic amines) is 1. The maximum absolute atomic E-state index is 10.8. The second-order valence-electron chi connectivity index (χ2n) is 5.06. The Labute approximate surface area is 98.0 Å². The van der Waals surface area contributed by atoms with Crippen molar-refractivity contribution in [2.45, 2.75) is 32.7 Å². The Hall–Kier alpha value is -0.610. The first-order valence-electron chi connectivity index (χ1n) is 6.17. The first kappa shape index (κ1) is 13.5. The van der Waals surface area contributed by atoms with E-state index >= 15 is 0 Å². The fraction of sp³-hybridized carbons (Fsp3) is 0.917. The molecule has 0 spiro atoms. The molecule has 1 rings (SSSR count). The second-order valence-corrected chi connectivity index (χ2v) is 5.06. The summed E-state index contributed by atoms with van der Waals surface area (Å²) in [5, 5.41) is 11.7. The highest BCUT2D eigenvalue weighted by Gasteiger charge is 2.25. The van der Waals surface area contributed by atoms with Crippen LogP contribution >= 0.6 is 0 Å². The van der Waals surface area contributed by atoms with Crippen LogP contribution in [0, 0.1) is 11.8 Å². The zero-order chi connectivity index (χ0) is 12.1. The molecule has 2 atom stereocenters. The highest BCUT2D eigenvalue weighted by atomic mass is 16.4. The average Bonchev–Trinajstić information content (AvgIpc) is 2.67. The van der Waals surface area contributed by atoms with E-state index in [1.54, 1.807) is 7.05 Å². The third-order valence-electron chi connectivity index (χ3n) is 3.63. The number of hydrogen-bond acceptors (Lipinski definition) is 3. The van der Waals surface area contributed by atoms with E-state index < -0.39 is 12.0 Å². The Morgan fingerprint density at radius 2 is 2.25 bits per heavy atom. The molecule has 1 heterocycles. The second kappa shape index (κ2) is 6.21. The molecule has 4 heteroatoms. The van der Waals surface area contributed by atoms with Crippen molar-refractivity contribution >= 4 is 5.97 Å². The Morgan fingerprint density at radius 1 is 1.56 bits per heavy atom. The van der Waals surface area contributed by atoms with E-state index in [0.717, 1.165) is 31.5 Å². The van der Waals surface area contributed by atoms with E-state index in [2.05, 4.69) is 24.1 Å². The molecule has 0 bridgehead atoms. The topological polar surface area (TPSA) is 52.6 Å². The SMILES string of the molecule is CNC(CCN1CCC(C(C)C)C1)C(=O)O. The van der Waals surface area contributed by atoms with Crippen LogP contribution in [-0.4, -0.2) is 48.7 Å². The van der Waals surface area contributed by atoms with Gasteiger partial charge in [-0.3, -0.25) is 4.79 Å². The fourth-order valence-electron chi connectivity index (χ4n) is 2.31. The normalized spacial score (nSPS) is 23.9. The smallest absolute Gasteiger partial charge is 0.320 e. The number of carboxylic acid groups (broad SMARTS) is 1. The van der Waals surface area contributed by atoms with Gasteiger partial charge >= 0.3 is 5.97 Å². The van der Waals surface area contributed by atoms with E-state index in [1.165, 1.54) is 6.42 Å². The van der Waals surface area contributed by atoms with Gasteiger partial charge in [0.2, 0.25) is 0 Å². The highest BCUT2D eigenvalue weighted by molar-refractivity contribution is 5.73. The van der Waals surface area contributed by atoms with Crippen LogP contribution in [0.2, 0.25) is 0 Å². The van der Waals surface area contributed by atoms with E-state index in [0.29, 0.717) is 6.42 Å². The predicted molar refractivity (Wildman–Crippen MR) is 64.5 cm³/mol. The lowest BCUT2D eigenvalue weighted by Crippen LogP contribution is -2.37. The number of nitrogens with zero attached hydrogens (tertiary/aromatic N) is 1. The van der Waals surface area contributed by atoms with Crippen LogP contribution in [0.15, 0.2) is 0 Å². The molecule has 0 aromatic rings. The van der Waals surface area contributed by atoms with Crippen molar-refractivity contribution < 1.29 is 9.90 Å². The Bertz CT molecular complexity index is 231. The summed E-state index contributed by atoms with van der Waals surface area (Å²) in [4.78, 5) is 13.2. The van der Waals surface area contributed by atoms with Crippen molar-refractivity contribution in [3.05, 3.63) is 0 Å². The summed E-state index contributed by atoms with van der Waals surface area (Å²) in [7, 11) is 1.71. The molecule has 16 heavy (non-hydrogen) atoms. The van der Waals surface area contributed by atoms with Crippen molar-refractivity contribution in [3.8, 4) is 0 Å². The minimum atomic E-state index is -0.748. The van der Waals surface area contributed by atoms with Crippen molar-refractivity contribution in [2.24, 2.45) is 11.8 Å². The lowest BCUT2D eigenvalue weighted by atomic mass is 9.95. The first-order valence-corrected chi connectivity index (χ1v) is 6.17. The van der Waals surface area contributed by atoms with E-state index in [1.807, 2.05) is 0 Å². The van der Waals surface area contributed by atoms with Crippen LogP contribution in [0.1, 0.15) is 26.7 Å². The molecule has 0 aromatic heterocycles. The van der Waals surface area contributed by atoms with E-state index in [9.17, 15) is 4.79 Å². The third-order valence-corrected chi connectivity index (χ3v) is 3.63. The average molecular weight is 228 g/mol. The number of carboxylic acids is 1. The molecule has 0 saturated carbocycles. The van der Waals surface area contributed by atoms with Crippen molar-refractivity contribution in [2.75, 3.05) is 26.7 Å². The monoisotopic (exact) mass is 228 g/mol. The summed E-state index contributed by atoms with van der Waals surface area (Å²) < 4.78 is 0. The summed E-state index contributed by atoms with van der Waals surface area (Å²) in [6, 6.07) is -0.405. The standard InChI is InChI=1S/C12H24N2O2/c1-9(2)10-4-6-14(8-10)7-5-11(13-3)12(15)16/h9-11,13H,4-8H2,1-3H3,(H,15,16). The van der Waals surface area contributed by atoms with Crippen LogP contribution in [0.4, 0.5) is 0 Å². The maximum Gasteiger partial charge on any atom is 0.320 e. The number of likely N-dealkylation sites (N-methyl/N-ethyl adjacent to an activating group) is 1. The largest absolute Gasteiger partial charge is 0.480 e. The van der Waals surface area contributed by atoms with Crippen LogP contribution in [0.5, 0.6) is 0 Å². The number of aliphatic carboxylic acids is 1. The molecule has 2 N–H and O–H groups in total. The molecule has 2 unspecified atom stereocenters. The number of carbonyl (C=O) groups is 1. The quantitative estimate of drug-likeness (QED) is 0.713. The van der Waals surface area contributed by atoms with E-state index in [4.69, 9.17) is 5.11 Å². The summed E-state index contributed by atoms with van der Waals surface area (Å²) in [5.74, 6) is 0.782. The molecule has 0 amide bonds.